The van der Waals surface area contributed by atoms with E-state index in [2.05, 4.69) is 17.5 Å². The molecule has 4 nitrogen and oxygen atoms in total. The van der Waals surface area contributed by atoms with Crippen LogP contribution in [0.2, 0.25) is 0 Å². The monoisotopic (exact) mass is 322 g/mol. The number of nitriles is 1. The highest BCUT2D eigenvalue weighted by atomic mass is 16.5. The van der Waals surface area contributed by atoms with Gasteiger partial charge in [-0.2, -0.15) is 5.26 Å². The third-order valence-corrected chi connectivity index (χ3v) is 4.55. The predicted molar refractivity (Wildman–Crippen MR) is 92.4 cm³/mol. The lowest BCUT2D eigenvalue weighted by Gasteiger charge is -2.13. The molecule has 0 heterocycles. The first kappa shape index (κ1) is 16.5. The predicted octanol–water partition coefficient (Wildman–Crippen LogP) is 3.00. The van der Waals surface area contributed by atoms with Crippen LogP contribution in [0.15, 0.2) is 48.5 Å². The third kappa shape index (κ3) is 4.14. The number of ether oxygens (including phenoxy) is 1. The number of benzene rings is 2. The minimum Gasteiger partial charge on any atom is -0.489 e. The molecule has 2 aromatic carbocycles. The first-order chi connectivity index (χ1) is 11.7. The van der Waals surface area contributed by atoms with Gasteiger partial charge in [0.15, 0.2) is 0 Å². The molecule has 24 heavy (non-hydrogen) atoms. The van der Waals surface area contributed by atoms with Gasteiger partial charge in [-0.1, -0.05) is 30.3 Å². The van der Waals surface area contributed by atoms with Crippen molar-refractivity contribution >= 4 is 0 Å². The molecule has 124 valence electrons. The second-order valence-electron chi connectivity index (χ2n) is 6.47. The highest BCUT2D eigenvalue weighted by Crippen LogP contribution is 2.44. The van der Waals surface area contributed by atoms with Crippen LogP contribution >= 0.6 is 0 Å². The van der Waals surface area contributed by atoms with E-state index in [4.69, 9.17) is 10.00 Å². The van der Waals surface area contributed by atoms with Crippen molar-refractivity contribution in [2.45, 2.75) is 26.0 Å². The minimum absolute atomic E-state index is 0.120. The third-order valence-electron chi connectivity index (χ3n) is 4.55. The van der Waals surface area contributed by atoms with E-state index in [1.807, 2.05) is 36.4 Å². The Morgan fingerprint density at radius 1 is 1.17 bits per heavy atom. The maximum absolute atomic E-state index is 9.34. The lowest BCUT2D eigenvalue weighted by molar-refractivity contribution is 0.207. The Hall–Kier alpha value is -2.35. The van der Waals surface area contributed by atoms with Gasteiger partial charge < -0.3 is 15.2 Å². The van der Waals surface area contributed by atoms with Gasteiger partial charge in [0.25, 0.3) is 0 Å². The van der Waals surface area contributed by atoms with Crippen LogP contribution in [0.25, 0.3) is 0 Å². The first-order valence-electron chi connectivity index (χ1n) is 8.26. The van der Waals surface area contributed by atoms with Crippen molar-refractivity contribution in [1.29, 1.82) is 5.26 Å². The van der Waals surface area contributed by atoms with E-state index in [-0.39, 0.29) is 12.0 Å². The molecule has 0 aliphatic heterocycles. The zero-order valence-corrected chi connectivity index (χ0v) is 13.7. The van der Waals surface area contributed by atoms with Crippen LogP contribution in [0.1, 0.15) is 29.5 Å². The number of aliphatic hydroxyl groups is 1. The number of hydrogen-bond acceptors (Lipinski definition) is 4. The Morgan fingerprint density at radius 2 is 2.00 bits per heavy atom. The summed E-state index contributed by atoms with van der Waals surface area (Å²) < 4.78 is 5.84. The van der Waals surface area contributed by atoms with Crippen LogP contribution in [0.5, 0.6) is 5.75 Å². The summed E-state index contributed by atoms with van der Waals surface area (Å²) in [7, 11) is 0. The molecule has 0 aromatic heterocycles. The van der Waals surface area contributed by atoms with E-state index in [0.29, 0.717) is 12.2 Å². The van der Waals surface area contributed by atoms with E-state index < -0.39 is 0 Å². The summed E-state index contributed by atoms with van der Waals surface area (Å²) in [5, 5.41) is 21.9. The summed E-state index contributed by atoms with van der Waals surface area (Å²) in [6, 6.07) is 17.6. The van der Waals surface area contributed by atoms with Crippen LogP contribution in [0.3, 0.4) is 0 Å². The van der Waals surface area contributed by atoms with Gasteiger partial charge in [-0.25, -0.2) is 0 Å². The van der Waals surface area contributed by atoms with Crippen molar-refractivity contribution in [2.24, 2.45) is 5.41 Å². The average molecular weight is 322 g/mol. The van der Waals surface area contributed by atoms with Crippen molar-refractivity contribution in [1.82, 2.24) is 5.32 Å². The van der Waals surface area contributed by atoms with Gasteiger partial charge in [0.2, 0.25) is 0 Å². The molecule has 0 unspecified atom stereocenters. The summed E-state index contributed by atoms with van der Waals surface area (Å²) in [5.74, 6) is 0.797. The molecular weight excluding hydrogens is 300 g/mol. The summed E-state index contributed by atoms with van der Waals surface area (Å²) in [6.45, 7) is 2.26. The zero-order chi connectivity index (χ0) is 16.8. The van der Waals surface area contributed by atoms with Crippen molar-refractivity contribution in [3.8, 4) is 11.8 Å². The Bertz CT molecular complexity index is 732. The smallest absolute Gasteiger partial charge is 0.120 e. The Balaban J connectivity index is 1.54. The molecule has 2 aromatic rings. The number of hydrogen-bond donors (Lipinski definition) is 2. The second kappa shape index (κ2) is 7.48. The lowest BCUT2D eigenvalue weighted by Crippen LogP contribution is -2.26. The molecule has 1 fully saturated rings. The normalized spacial score (nSPS) is 14.8. The fourth-order valence-corrected chi connectivity index (χ4v) is 2.70. The number of nitrogens with zero attached hydrogens (tertiary/aromatic N) is 1. The van der Waals surface area contributed by atoms with Crippen LogP contribution in [-0.2, 0) is 13.2 Å². The fraction of sp³-hybridized carbons (Fsp3) is 0.350. The zero-order valence-electron chi connectivity index (χ0n) is 13.7. The van der Waals surface area contributed by atoms with Gasteiger partial charge in [0, 0.05) is 30.7 Å². The van der Waals surface area contributed by atoms with Crippen molar-refractivity contribution < 1.29 is 9.84 Å². The topological polar surface area (TPSA) is 65.3 Å². The van der Waals surface area contributed by atoms with Gasteiger partial charge in [-0.3, -0.25) is 0 Å². The van der Waals surface area contributed by atoms with Gasteiger partial charge in [-0.05, 0) is 36.6 Å². The standard InChI is InChI=1S/C20H22N2O2/c21-11-17-5-1-2-6-18(17)13-24-19-7-3-4-16(10-19)12-22-14-20(15-23)8-9-20/h1-7,10,22-23H,8-9,12-15H2. The largest absolute Gasteiger partial charge is 0.489 e. The molecule has 0 atom stereocenters. The average Bonchev–Trinajstić information content (AvgIpc) is 3.41. The molecular formula is C20H22N2O2. The van der Waals surface area contributed by atoms with E-state index >= 15 is 0 Å². The lowest BCUT2D eigenvalue weighted by atomic mass is 10.1. The van der Waals surface area contributed by atoms with E-state index in [9.17, 15) is 5.11 Å². The molecule has 0 amide bonds. The van der Waals surface area contributed by atoms with Crippen molar-refractivity contribution in [3.63, 3.8) is 0 Å². The molecule has 1 saturated carbocycles. The van der Waals surface area contributed by atoms with Crippen LogP contribution in [0, 0.1) is 16.7 Å². The second-order valence-corrected chi connectivity index (χ2v) is 6.47. The van der Waals surface area contributed by atoms with Gasteiger partial charge in [0.1, 0.15) is 12.4 Å². The highest BCUT2D eigenvalue weighted by Gasteiger charge is 2.41. The molecule has 0 spiro atoms. The minimum atomic E-state index is 0.120. The summed E-state index contributed by atoms with van der Waals surface area (Å²) >= 11 is 0. The van der Waals surface area contributed by atoms with Crippen LogP contribution in [-0.4, -0.2) is 18.3 Å². The van der Waals surface area contributed by atoms with E-state index in [0.717, 1.165) is 42.8 Å². The molecule has 0 saturated heterocycles. The maximum Gasteiger partial charge on any atom is 0.120 e. The summed E-state index contributed by atoms with van der Waals surface area (Å²) in [5.41, 5.74) is 2.81. The molecule has 2 N–H and O–H groups in total. The van der Waals surface area contributed by atoms with Crippen molar-refractivity contribution in [3.05, 3.63) is 65.2 Å². The Morgan fingerprint density at radius 3 is 2.75 bits per heavy atom. The van der Waals surface area contributed by atoms with Crippen LogP contribution in [0.4, 0.5) is 0 Å². The molecule has 0 radical (unpaired) electrons. The molecule has 1 aliphatic carbocycles. The van der Waals surface area contributed by atoms with Gasteiger partial charge in [-0.15, -0.1) is 0 Å². The van der Waals surface area contributed by atoms with Gasteiger partial charge in [0.05, 0.1) is 11.6 Å². The van der Waals surface area contributed by atoms with E-state index in [1.165, 1.54) is 0 Å². The Kier molecular flexibility index (Phi) is 5.14. The summed E-state index contributed by atoms with van der Waals surface area (Å²) in [6.07, 6.45) is 2.22. The quantitative estimate of drug-likeness (QED) is 0.784. The summed E-state index contributed by atoms with van der Waals surface area (Å²) in [4.78, 5) is 0. The molecule has 3 rings (SSSR count). The van der Waals surface area contributed by atoms with Crippen LogP contribution < -0.4 is 10.1 Å². The molecule has 1 aliphatic rings. The van der Waals surface area contributed by atoms with Gasteiger partial charge >= 0.3 is 0 Å². The number of rotatable bonds is 8. The van der Waals surface area contributed by atoms with E-state index in [1.54, 1.807) is 6.07 Å². The maximum atomic E-state index is 9.34. The highest BCUT2D eigenvalue weighted by molar-refractivity contribution is 5.37. The first-order valence-corrected chi connectivity index (χ1v) is 8.26. The number of aliphatic hydroxyl groups excluding tert-OH is 1. The molecule has 0 bridgehead atoms. The number of nitrogens with one attached hydrogen (secondary N) is 1. The SMILES string of the molecule is N#Cc1ccccc1COc1cccc(CNCC2(CO)CC2)c1. The molecule has 4 heteroatoms. The Labute approximate surface area is 142 Å². The fourth-order valence-electron chi connectivity index (χ4n) is 2.70. The van der Waals surface area contributed by atoms with Crippen molar-refractivity contribution in [2.75, 3.05) is 13.2 Å².